The van der Waals surface area contributed by atoms with Gasteiger partial charge in [0.1, 0.15) is 5.82 Å². The maximum atomic E-state index is 13.6. The zero-order valence-corrected chi connectivity index (χ0v) is 13.7. The molecule has 0 heterocycles. The molecule has 0 radical (unpaired) electrons. The van der Waals surface area contributed by atoms with E-state index in [2.05, 4.69) is 5.32 Å². The summed E-state index contributed by atoms with van der Waals surface area (Å²) in [6.07, 6.45) is 3.40. The van der Waals surface area contributed by atoms with Gasteiger partial charge in [-0.05, 0) is 61.1 Å². The van der Waals surface area contributed by atoms with Gasteiger partial charge < -0.3 is 5.32 Å². The number of benzene rings is 2. The van der Waals surface area contributed by atoms with E-state index in [1.54, 1.807) is 12.1 Å². The van der Waals surface area contributed by atoms with Gasteiger partial charge in [0.05, 0.1) is 5.69 Å². The summed E-state index contributed by atoms with van der Waals surface area (Å²) in [6.45, 7) is 1.83. The summed E-state index contributed by atoms with van der Waals surface area (Å²) in [5.41, 5.74) is 4.24. The number of nitrogens with one attached hydrogen (secondary N) is 1. The second-order valence-corrected chi connectivity index (χ2v) is 6.29. The average molecular weight is 325 g/mol. The first-order chi connectivity index (χ1) is 11.5. The van der Waals surface area contributed by atoms with Gasteiger partial charge in [0.25, 0.3) is 0 Å². The molecule has 1 aliphatic rings. The summed E-state index contributed by atoms with van der Waals surface area (Å²) in [4.78, 5) is 24.2. The fourth-order valence-corrected chi connectivity index (χ4v) is 3.06. The summed E-state index contributed by atoms with van der Waals surface area (Å²) in [6, 6.07) is 10.3. The van der Waals surface area contributed by atoms with E-state index in [1.807, 2.05) is 25.1 Å². The van der Waals surface area contributed by atoms with Crippen molar-refractivity contribution < 1.29 is 14.0 Å². The van der Waals surface area contributed by atoms with Gasteiger partial charge in [0, 0.05) is 18.4 Å². The van der Waals surface area contributed by atoms with Gasteiger partial charge in [-0.2, -0.15) is 0 Å². The Morgan fingerprint density at radius 2 is 1.83 bits per heavy atom. The zero-order valence-electron chi connectivity index (χ0n) is 13.7. The Hall–Kier alpha value is -2.49. The quantitative estimate of drug-likeness (QED) is 0.837. The minimum absolute atomic E-state index is 0.0449. The molecular weight excluding hydrogens is 305 g/mol. The summed E-state index contributed by atoms with van der Waals surface area (Å²) >= 11 is 0. The van der Waals surface area contributed by atoms with E-state index in [0.717, 1.165) is 24.8 Å². The molecule has 0 spiro atoms. The molecule has 124 valence electrons. The SMILES string of the molecule is Cc1ccc(F)c(NC(=O)CCC(=O)c2ccc3c(c2)CCC3)c1. The van der Waals surface area contributed by atoms with E-state index in [-0.39, 0.29) is 30.2 Å². The van der Waals surface area contributed by atoms with Crippen LogP contribution in [0.1, 0.15) is 46.3 Å². The Labute approximate surface area is 140 Å². The highest BCUT2D eigenvalue weighted by Gasteiger charge is 2.15. The van der Waals surface area contributed by atoms with Crippen LogP contribution in [-0.2, 0) is 17.6 Å². The number of hydrogen-bond donors (Lipinski definition) is 1. The molecule has 0 saturated heterocycles. The second kappa shape index (κ2) is 6.95. The van der Waals surface area contributed by atoms with Crippen LogP contribution >= 0.6 is 0 Å². The minimum Gasteiger partial charge on any atom is -0.324 e. The number of carbonyl (C=O) groups is 2. The van der Waals surface area contributed by atoms with Crippen LogP contribution in [0.3, 0.4) is 0 Å². The highest BCUT2D eigenvalue weighted by Crippen LogP contribution is 2.23. The van der Waals surface area contributed by atoms with Crippen LogP contribution in [0.2, 0.25) is 0 Å². The lowest BCUT2D eigenvalue weighted by Gasteiger charge is -2.08. The Morgan fingerprint density at radius 1 is 1.04 bits per heavy atom. The third-order valence-electron chi connectivity index (χ3n) is 4.40. The minimum atomic E-state index is -0.473. The topological polar surface area (TPSA) is 46.2 Å². The Morgan fingerprint density at radius 3 is 2.67 bits per heavy atom. The van der Waals surface area contributed by atoms with E-state index in [0.29, 0.717) is 5.56 Å². The highest BCUT2D eigenvalue weighted by atomic mass is 19.1. The van der Waals surface area contributed by atoms with Crippen LogP contribution in [0.4, 0.5) is 10.1 Å². The van der Waals surface area contributed by atoms with Crippen molar-refractivity contribution in [2.45, 2.75) is 39.0 Å². The van der Waals surface area contributed by atoms with E-state index in [1.165, 1.54) is 17.2 Å². The van der Waals surface area contributed by atoms with Crippen molar-refractivity contribution in [3.05, 3.63) is 64.5 Å². The molecule has 0 aromatic heterocycles. The number of amides is 1. The fraction of sp³-hybridized carbons (Fsp3) is 0.300. The number of carbonyl (C=O) groups excluding carboxylic acids is 2. The number of Topliss-reactive ketones (excluding diaryl/α,β-unsaturated/α-hetero) is 1. The summed E-state index contributed by atoms with van der Waals surface area (Å²) in [5.74, 6) is -0.877. The monoisotopic (exact) mass is 325 g/mol. The molecule has 1 amide bonds. The van der Waals surface area contributed by atoms with Crippen molar-refractivity contribution in [3.63, 3.8) is 0 Å². The number of ketones is 1. The average Bonchev–Trinajstić information content (AvgIpc) is 3.03. The van der Waals surface area contributed by atoms with Gasteiger partial charge in [-0.25, -0.2) is 4.39 Å². The second-order valence-electron chi connectivity index (χ2n) is 6.29. The van der Waals surface area contributed by atoms with E-state index < -0.39 is 5.82 Å². The molecular formula is C20H20FNO2. The number of aryl methyl sites for hydroxylation is 3. The molecule has 24 heavy (non-hydrogen) atoms. The molecule has 2 aromatic rings. The Balaban J connectivity index is 1.58. The predicted molar refractivity (Wildman–Crippen MR) is 91.8 cm³/mol. The number of halogens is 1. The van der Waals surface area contributed by atoms with Crippen molar-refractivity contribution in [3.8, 4) is 0 Å². The molecule has 1 N–H and O–H groups in total. The number of anilines is 1. The molecule has 4 heteroatoms. The van der Waals surface area contributed by atoms with Gasteiger partial charge >= 0.3 is 0 Å². The van der Waals surface area contributed by atoms with Crippen molar-refractivity contribution >= 4 is 17.4 Å². The Kier molecular flexibility index (Phi) is 4.74. The lowest BCUT2D eigenvalue weighted by Crippen LogP contribution is -2.14. The first kappa shape index (κ1) is 16.4. The molecule has 3 nitrogen and oxygen atoms in total. The molecule has 0 aliphatic heterocycles. The number of hydrogen-bond acceptors (Lipinski definition) is 2. The predicted octanol–water partition coefficient (Wildman–Crippen LogP) is 4.22. The van der Waals surface area contributed by atoms with Crippen LogP contribution < -0.4 is 5.32 Å². The van der Waals surface area contributed by atoms with Gasteiger partial charge in [-0.1, -0.05) is 18.2 Å². The summed E-state index contributed by atoms with van der Waals surface area (Å²) in [5, 5.41) is 2.53. The number of fused-ring (bicyclic) bond motifs is 1. The van der Waals surface area contributed by atoms with Crippen LogP contribution in [-0.4, -0.2) is 11.7 Å². The standard InChI is InChI=1S/C20H20FNO2/c1-13-5-8-17(21)18(11-13)22-20(24)10-9-19(23)16-7-6-14-3-2-4-15(14)12-16/h5-8,11-12H,2-4,9-10H2,1H3,(H,22,24). The van der Waals surface area contributed by atoms with Crippen molar-refractivity contribution in [1.82, 2.24) is 0 Å². The zero-order chi connectivity index (χ0) is 17.1. The normalized spacial score (nSPS) is 12.8. The lowest BCUT2D eigenvalue weighted by atomic mass is 10.0. The van der Waals surface area contributed by atoms with Crippen LogP contribution in [0.25, 0.3) is 0 Å². The van der Waals surface area contributed by atoms with E-state index >= 15 is 0 Å². The number of rotatable bonds is 5. The summed E-state index contributed by atoms with van der Waals surface area (Å²) in [7, 11) is 0. The van der Waals surface area contributed by atoms with Gasteiger partial charge in [-0.15, -0.1) is 0 Å². The van der Waals surface area contributed by atoms with E-state index in [4.69, 9.17) is 0 Å². The van der Waals surface area contributed by atoms with Crippen molar-refractivity contribution in [1.29, 1.82) is 0 Å². The van der Waals surface area contributed by atoms with Crippen molar-refractivity contribution in [2.75, 3.05) is 5.32 Å². The Bertz CT molecular complexity index is 798. The molecule has 0 bridgehead atoms. The maximum absolute atomic E-state index is 13.6. The summed E-state index contributed by atoms with van der Waals surface area (Å²) < 4.78 is 13.6. The molecule has 0 unspecified atom stereocenters. The van der Waals surface area contributed by atoms with E-state index in [9.17, 15) is 14.0 Å². The van der Waals surface area contributed by atoms with Crippen LogP contribution in [0.15, 0.2) is 36.4 Å². The van der Waals surface area contributed by atoms with Gasteiger partial charge in [0.15, 0.2) is 5.78 Å². The van der Waals surface area contributed by atoms with Gasteiger partial charge in [0.2, 0.25) is 5.91 Å². The molecule has 3 rings (SSSR count). The highest BCUT2D eigenvalue weighted by molar-refractivity contribution is 6.00. The fourth-order valence-electron chi connectivity index (χ4n) is 3.06. The third-order valence-corrected chi connectivity index (χ3v) is 4.40. The first-order valence-corrected chi connectivity index (χ1v) is 8.24. The van der Waals surface area contributed by atoms with Crippen molar-refractivity contribution in [2.24, 2.45) is 0 Å². The van der Waals surface area contributed by atoms with Gasteiger partial charge in [-0.3, -0.25) is 9.59 Å². The first-order valence-electron chi connectivity index (χ1n) is 8.24. The molecule has 1 aliphatic carbocycles. The molecule has 0 saturated carbocycles. The maximum Gasteiger partial charge on any atom is 0.224 e. The van der Waals surface area contributed by atoms with Crippen LogP contribution in [0.5, 0.6) is 0 Å². The third kappa shape index (κ3) is 3.70. The molecule has 0 atom stereocenters. The lowest BCUT2D eigenvalue weighted by molar-refractivity contribution is -0.116. The molecule has 2 aromatic carbocycles. The largest absolute Gasteiger partial charge is 0.324 e. The smallest absolute Gasteiger partial charge is 0.224 e. The van der Waals surface area contributed by atoms with Crippen LogP contribution in [0, 0.1) is 12.7 Å². The molecule has 0 fully saturated rings.